The summed E-state index contributed by atoms with van der Waals surface area (Å²) in [6, 6.07) is 0. The summed E-state index contributed by atoms with van der Waals surface area (Å²) in [6.45, 7) is 1.90. The molecule has 0 fully saturated rings. The Morgan fingerprint density at radius 3 is 2.82 bits per heavy atom. The van der Waals surface area contributed by atoms with Crippen LogP contribution < -0.4 is 5.32 Å². The van der Waals surface area contributed by atoms with Gasteiger partial charge in [0.05, 0.1) is 7.11 Å². The second kappa shape index (κ2) is 6.86. The molecule has 0 spiro atoms. The molecular formula is C8H14N2O. The lowest BCUT2D eigenvalue weighted by molar-refractivity contribution is 0.422. The first-order valence-corrected chi connectivity index (χ1v) is 3.37. The standard InChI is InChI=1S/C8H14N2O/c1-8(10-7-11-3)5-4-6-9-2/h4-7,9H,1-3H3/b6-4+,8-5-,10-7+. The van der Waals surface area contributed by atoms with Gasteiger partial charge in [-0.3, -0.25) is 0 Å². The first kappa shape index (κ1) is 9.75. The predicted octanol–water partition coefficient (Wildman–Crippen LogP) is 1.30. The van der Waals surface area contributed by atoms with Gasteiger partial charge in [0.1, 0.15) is 0 Å². The molecule has 3 heteroatoms. The second-order valence-corrected chi connectivity index (χ2v) is 1.93. The molecule has 0 aliphatic carbocycles. The molecule has 3 nitrogen and oxygen atoms in total. The molecule has 0 aromatic rings. The highest BCUT2D eigenvalue weighted by atomic mass is 16.5. The molecule has 0 rings (SSSR count). The van der Waals surface area contributed by atoms with Crippen LogP contribution in [0.5, 0.6) is 0 Å². The molecule has 0 bridgehead atoms. The molecule has 0 aliphatic heterocycles. The summed E-state index contributed by atoms with van der Waals surface area (Å²) in [4.78, 5) is 3.95. The lowest BCUT2D eigenvalue weighted by Crippen LogP contribution is -1.89. The Morgan fingerprint density at radius 1 is 1.55 bits per heavy atom. The zero-order valence-electron chi connectivity index (χ0n) is 7.16. The minimum atomic E-state index is 0.901. The third kappa shape index (κ3) is 6.64. The molecule has 0 saturated carbocycles. The van der Waals surface area contributed by atoms with E-state index in [-0.39, 0.29) is 0 Å². The lowest BCUT2D eigenvalue weighted by Gasteiger charge is -1.88. The first-order chi connectivity index (χ1) is 5.31. The minimum absolute atomic E-state index is 0.901. The lowest BCUT2D eigenvalue weighted by atomic mass is 10.4. The van der Waals surface area contributed by atoms with Gasteiger partial charge in [-0.15, -0.1) is 0 Å². The van der Waals surface area contributed by atoms with Crippen LogP contribution in [0.15, 0.2) is 29.0 Å². The average molecular weight is 154 g/mol. The van der Waals surface area contributed by atoms with Crippen LogP contribution >= 0.6 is 0 Å². The van der Waals surface area contributed by atoms with Crippen LogP contribution in [0.4, 0.5) is 0 Å². The molecular weight excluding hydrogens is 140 g/mol. The Hall–Kier alpha value is -1.25. The Bertz CT molecular complexity index is 171. The molecule has 0 aromatic carbocycles. The summed E-state index contributed by atoms with van der Waals surface area (Å²) in [5.74, 6) is 0. The van der Waals surface area contributed by atoms with E-state index in [0.29, 0.717) is 0 Å². The van der Waals surface area contributed by atoms with Gasteiger partial charge in [0.2, 0.25) is 0 Å². The zero-order chi connectivity index (χ0) is 8.53. The van der Waals surface area contributed by atoms with Crippen molar-refractivity contribution in [1.29, 1.82) is 0 Å². The Labute approximate surface area is 67.5 Å². The SMILES string of the molecule is CN/C=C/C=C(C)\N=C\OC. The largest absolute Gasteiger partial charge is 0.486 e. The van der Waals surface area contributed by atoms with Crippen LogP contribution in [0.1, 0.15) is 6.92 Å². The number of aliphatic imine (C=N–C) groups is 1. The number of methoxy groups -OCH3 is 1. The molecule has 0 heterocycles. The Balaban J connectivity index is 3.80. The van der Waals surface area contributed by atoms with Gasteiger partial charge in [-0.2, -0.15) is 0 Å². The summed E-state index contributed by atoms with van der Waals surface area (Å²) in [7, 11) is 3.41. The van der Waals surface area contributed by atoms with Crippen LogP contribution in [0.2, 0.25) is 0 Å². The normalized spacial score (nSPS) is 12.8. The molecule has 0 atom stereocenters. The fraction of sp³-hybridized carbons (Fsp3) is 0.375. The number of nitrogens with one attached hydrogen (secondary N) is 1. The van der Waals surface area contributed by atoms with Gasteiger partial charge < -0.3 is 10.1 Å². The van der Waals surface area contributed by atoms with Gasteiger partial charge >= 0.3 is 0 Å². The van der Waals surface area contributed by atoms with Gasteiger partial charge in [-0.25, -0.2) is 4.99 Å². The highest BCUT2D eigenvalue weighted by molar-refractivity contribution is 5.48. The Morgan fingerprint density at radius 2 is 2.27 bits per heavy atom. The van der Waals surface area contributed by atoms with Gasteiger partial charge in [-0.1, -0.05) is 0 Å². The van der Waals surface area contributed by atoms with E-state index >= 15 is 0 Å². The molecule has 1 N–H and O–H groups in total. The van der Waals surface area contributed by atoms with Crippen molar-refractivity contribution in [2.24, 2.45) is 4.99 Å². The number of ether oxygens (including phenoxy) is 1. The average Bonchev–Trinajstić information content (AvgIpc) is 2.01. The number of hydrogen-bond acceptors (Lipinski definition) is 3. The van der Waals surface area contributed by atoms with Crippen LogP contribution in [0.3, 0.4) is 0 Å². The van der Waals surface area contributed by atoms with Gasteiger partial charge in [-0.05, 0) is 25.3 Å². The second-order valence-electron chi connectivity index (χ2n) is 1.93. The third-order valence-corrected chi connectivity index (χ3v) is 0.962. The summed E-state index contributed by atoms with van der Waals surface area (Å²) in [6.07, 6.45) is 6.99. The third-order valence-electron chi connectivity index (χ3n) is 0.962. The van der Waals surface area contributed by atoms with Gasteiger partial charge in [0.15, 0.2) is 6.40 Å². The predicted molar refractivity (Wildman–Crippen MR) is 47.5 cm³/mol. The number of nitrogens with zero attached hydrogens (tertiary/aromatic N) is 1. The number of hydrogen-bond donors (Lipinski definition) is 1. The van der Waals surface area contributed by atoms with E-state index in [0.717, 1.165) is 5.70 Å². The molecule has 0 aromatic heterocycles. The summed E-state index contributed by atoms with van der Waals surface area (Å²) < 4.78 is 4.65. The van der Waals surface area contributed by atoms with E-state index in [1.54, 1.807) is 7.11 Å². The quantitative estimate of drug-likeness (QED) is 0.376. The highest BCUT2D eigenvalue weighted by Gasteiger charge is 1.76. The Kier molecular flexibility index (Phi) is 6.08. The molecule has 0 saturated heterocycles. The molecule has 0 radical (unpaired) electrons. The molecule has 0 amide bonds. The van der Waals surface area contributed by atoms with Gasteiger partial charge in [0, 0.05) is 12.7 Å². The number of rotatable bonds is 4. The van der Waals surface area contributed by atoms with Crippen molar-refractivity contribution in [3.8, 4) is 0 Å². The fourth-order valence-corrected chi connectivity index (χ4v) is 0.462. The monoisotopic (exact) mass is 154 g/mol. The topological polar surface area (TPSA) is 33.6 Å². The van der Waals surface area contributed by atoms with Crippen molar-refractivity contribution in [3.63, 3.8) is 0 Å². The maximum absolute atomic E-state index is 4.65. The van der Waals surface area contributed by atoms with E-state index in [1.807, 2.05) is 32.3 Å². The van der Waals surface area contributed by atoms with Crippen LogP contribution in [0, 0.1) is 0 Å². The van der Waals surface area contributed by atoms with Crippen LogP contribution in [-0.2, 0) is 4.74 Å². The molecule has 0 unspecified atom stereocenters. The van der Waals surface area contributed by atoms with E-state index in [4.69, 9.17) is 0 Å². The molecule has 62 valence electrons. The van der Waals surface area contributed by atoms with Crippen molar-refractivity contribution in [2.75, 3.05) is 14.2 Å². The van der Waals surface area contributed by atoms with E-state index < -0.39 is 0 Å². The van der Waals surface area contributed by atoms with Crippen LogP contribution in [0.25, 0.3) is 0 Å². The number of allylic oxidation sites excluding steroid dienone is 3. The van der Waals surface area contributed by atoms with Crippen molar-refractivity contribution in [1.82, 2.24) is 5.32 Å². The smallest absolute Gasteiger partial charge is 0.173 e. The fourth-order valence-electron chi connectivity index (χ4n) is 0.462. The summed E-state index contributed by atoms with van der Waals surface area (Å²) >= 11 is 0. The molecule has 0 aliphatic rings. The zero-order valence-corrected chi connectivity index (χ0v) is 7.16. The van der Waals surface area contributed by atoms with Crippen molar-refractivity contribution in [3.05, 3.63) is 24.0 Å². The van der Waals surface area contributed by atoms with Crippen LogP contribution in [-0.4, -0.2) is 20.6 Å². The minimum Gasteiger partial charge on any atom is -0.486 e. The molecule has 11 heavy (non-hydrogen) atoms. The summed E-state index contributed by atoms with van der Waals surface area (Å²) in [5, 5.41) is 2.87. The van der Waals surface area contributed by atoms with E-state index in [1.165, 1.54) is 6.40 Å². The van der Waals surface area contributed by atoms with Crippen molar-refractivity contribution < 1.29 is 4.74 Å². The first-order valence-electron chi connectivity index (χ1n) is 3.37. The van der Waals surface area contributed by atoms with Crippen molar-refractivity contribution in [2.45, 2.75) is 6.92 Å². The van der Waals surface area contributed by atoms with Gasteiger partial charge in [0.25, 0.3) is 0 Å². The maximum atomic E-state index is 4.65. The van der Waals surface area contributed by atoms with E-state index in [9.17, 15) is 0 Å². The maximum Gasteiger partial charge on any atom is 0.173 e. The van der Waals surface area contributed by atoms with Crippen molar-refractivity contribution >= 4 is 6.40 Å². The van der Waals surface area contributed by atoms with E-state index in [2.05, 4.69) is 15.0 Å². The summed E-state index contributed by atoms with van der Waals surface area (Å²) in [5.41, 5.74) is 0.901. The highest BCUT2D eigenvalue weighted by Crippen LogP contribution is 1.92.